The van der Waals surface area contributed by atoms with Crippen LogP contribution in [0.3, 0.4) is 0 Å². The van der Waals surface area contributed by atoms with Crippen LogP contribution in [0.15, 0.2) is 30.5 Å². The molecule has 16 heavy (non-hydrogen) atoms. The van der Waals surface area contributed by atoms with Crippen LogP contribution in [0.2, 0.25) is 0 Å². The summed E-state index contributed by atoms with van der Waals surface area (Å²) in [5.41, 5.74) is 2.48. The Labute approximate surface area is 95.7 Å². The maximum absolute atomic E-state index is 4.35. The van der Waals surface area contributed by atoms with Gasteiger partial charge in [0.05, 0.1) is 0 Å². The molecule has 1 aliphatic rings. The second-order valence-corrected chi connectivity index (χ2v) is 4.58. The molecule has 0 spiro atoms. The smallest absolute Gasteiger partial charge is 0.0379 e. The molecule has 1 unspecified atom stereocenters. The molecule has 2 heteroatoms. The first kappa shape index (κ1) is 9.79. The minimum Gasteiger partial charge on any atom is -0.310 e. The number of nitrogens with one attached hydrogen (secondary N) is 1. The van der Waals surface area contributed by atoms with E-state index in [0.29, 0.717) is 6.04 Å². The lowest BCUT2D eigenvalue weighted by Crippen LogP contribution is -2.12. The first-order chi connectivity index (χ1) is 7.83. The lowest BCUT2D eigenvalue weighted by atomic mass is 10.0. The van der Waals surface area contributed by atoms with Crippen LogP contribution in [0.1, 0.15) is 30.1 Å². The van der Waals surface area contributed by atoms with Gasteiger partial charge in [0.1, 0.15) is 0 Å². The van der Waals surface area contributed by atoms with Crippen LogP contribution in [0.4, 0.5) is 0 Å². The van der Waals surface area contributed by atoms with E-state index < -0.39 is 0 Å². The third-order valence-corrected chi connectivity index (χ3v) is 3.35. The largest absolute Gasteiger partial charge is 0.310 e. The number of rotatable bonds is 1. The summed E-state index contributed by atoms with van der Waals surface area (Å²) in [5, 5.41) is 6.06. The summed E-state index contributed by atoms with van der Waals surface area (Å²) < 4.78 is 0. The average Bonchev–Trinajstić information content (AvgIpc) is 2.82. The molecule has 1 saturated heterocycles. The number of aryl methyl sites for hydroxylation is 1. The number of aromatic nitrogens is 1. The average molecular weight is 212 g/mol. The summed E-state index contributed by atoms with van der Waals surface area (Å²) in [4.78, 5) is 4.35. The first-order valence-electron chi connectivity index (χ1n) is 5.93. The molecule has 0 radical (unpaired) electrons. The molecule has 0 amide bonds. The maximum Gasteiger partial charge on any atom is 0.0379 e. The molecule has 2 heterocycles. The van der Waals surface area contributed by atoms with Crippen molar-refractivity contribution >= 4 is 10.8 Å². The standard InChI is InChI=1S/C14H16N2/c1-10-7-11-4-5-12(8-13(11)9-16-10)14-3-2-6-15-14/h4-5,7-9,14-15H,2-3,6H2,1H3. The fourth-order valence-corrected chi connectivity index (χ4v) is 2.46. The lowest BCUT2D eigenvalue weighted by Gasteiger charge is -2.11. The molecular formula is C14H16N2. The van der Waals surface area contributed by atoms with Gasteiger partial charge in [-0.15, -0.1) is 0 Å². The Morgan fingerprint density at radius 2 is 2.19 bits per heavy atom. The molecule has 1 aliphatic heterocycles. The first-order valence-corrected chi connectivity index (χ1v) is 5.93. The quantitative estimate of drug-likeness (QED) is 0.786. The van der Waals surface area contributed by atoms with Crippen molar-refractivity contribution < 1.29 is 0 Å². The number of nitrogens with zero attached hydrogens (tertiary/aromatic N) is 1. The Morgan fingerprint density at radius 3 is 3.00 bits per heavy atom. The van der Waals surface area contributed by atoms with E-state index in [4.69, 9.17) is 0 Å². The summed E-state index contributed by atoms with van der Waals surface area (Å²) in [6.07, 6.45) is 4.52. The van der Waals surface area contributed by atoms with E-state index in [0.717, 1.165) is 12.2 Å². The van der Waals surface area contributed by atoms with Crippen LogP contribution in [-0.4, -0.2) is 11.5 Å². The van der Waals surface area contributed by atoms with Crippen LogP contribution < -0.4 is 5.32 Å². The van der Waals surface area contributed by atoms with Crippen molar-refractivity contribution in [3.63, 3.8) is 0 Å². The highest BCUT2D eigenvalue weighted by Gasteiger charge is 2.15. The second-order valence-electron chi connectivity index (χ2n) is 4.58. The van der Waals surface area contributed by atoms with Crippen LogP contribution in [0.25, 0.3) is 10.8 Å². The van der Waals surface area contributed by atoms with E-state index in [-0.39, 0.29) is 0 Å². The van der Waals surface area contributed by atoms with Crippen molar-refractivity contribution in [3.05, 3.63) is 41.7 Å². The van der Waals surface area contributed by atoms with Crippen molar-refractivity contribution in [2.24, 2.45) is 0 Å². The molecule has 0 saturated carbocycles. The Kier molecular flexibility index (Phi) is 2.37. The molecule has 2 nitrogen and oxygen atoms in total. The highest BCUT2D eigenvalue weighted by Crippen LogP contribution is 2.26. The summed E-state index contributed by atoms with van der Waals surface area (Å²) in [7, 11) is 0. The van der Waals surface area contributed by atoms with Gasteiger partial charge in [0.25, 0.3) is 0 Å². The van der Waals surface area contributed by atoms with E-state index in [2.05, 4.69) is 34.6 Å². The van der Waals surface area contributed by atoms with Crippen molar-refractivity contribution in [1.82, 2.24) is 10.3 Å². The Hall–Kier alpha value is -1.41. The topological polar surface area (TPSA) is 24.9 Å². The molecule has 1 fully saturated rings. The summed E-state index contributed by atoms with van der Waals surface area (Å²) in [6.45, 7) is 3.18. The van der Waals surface area contributed by atoms with Gasteiger partial charge in [-0.25, -0.2) is 0 Å². The SMILES string of the molecule is Cc1cc2ccc(C3CCCN3)cc2cn1. The summed E-state index contributed by atoms with van der Waals surface area (Å²) in [6, 6.07) is 9.40. The minimum atomic E-state index is 0.547. The fraction of sp³-hybridized carbons (Fsp3) is 0.357. The lowest BCUT2D eigenvalue weighted by molar-refractivity contribution is 0.648. The minimum absolute atomic E-state index is 0.547. The van der Waals surface area contributed by atoms with Gasteiger partial charge in [0.2, 0.25) is 0 Å². The molecular weight excluding hydrogens is 196 g/mol. The van der Waals surface area contributed by atoms with Gasteiger partial charge in [-0.1, -0.05) is 12.1 Å². The molecule has 1 aromatic carbocycles. The third-order valence-electron chi connectivity index (χ3n) is 3.35. The molecule has 1 atom stereocenters. The van der Waals surface area contributed by atoms with E-state index in [1.807, 2.05) is 13.1 Å². The highest BCUT2D eigenvalue weighted by atomic mass is 14.9. The molecule has 2 aromatic rings. The number of fused-ring (bicyclic) bond motifs is 1. The molecule has 0 aliphatic carbocycles. The Balaban J connectivity index is 2.05. The second kappa shape index (κ2) is 3.87. The zero-order chi connectivity index (χ0) is 11.0. The predicted octanol–water partition coefficient (Wildman–Crippen LogP) is 2.97. The number of hydrogen-bond acceptors (Lipinski definition) is 2. The zero-order valence-electron chi connectivity index (χ0n) is 9.53. The number of benzene rings is 1. The molecule has 1 N–H and O–H groups in total. The summed E-state index contributed by atoms with van der Waals surface area (Å²) >= 11 is 0. The van der Waals surface area contributed by atoms with Gasteiger partial charge in [-0.05, 0) is 49.4 Å². The third kappa shape index (κ3) is 1.69. The van der Waals surface area contributed by atoms with Gasteiger partial charge >= 0.3 is 0 Å². The van der Waals surface area contributed by atoms with Crippen molar-refractivity contribution in [3.8, 4) is 0 Å². The number of pyridine rings is 1. The normalized spacial score (nSPS) is 20.4. The van der Waals surface area contributed by atoms with Gasteiger partial charge in [0.15, 0.2) is 0 Å². The fourth-order valence-electron chi connectivity index (χ4n) is 2.46. The highest BCUT2D eigenvalue weighted by molar-refractivity contribution is 5.82. The number of hydrogen-bond donors (Lipinski definition) is 1. The molecule has 3 rings (SSSR count). The van der Waals surface area contributed by atoms with Gasteiger partial charge in [-0.2, -0.15) is 0 Å². The van der Waals surface area contributed by atoms with Crippen LogP contribution in [0, 0.1) is 6.92 Å². The van der Waals surface area contributed by atoms with Gasteiger partial charge in [0, 0.05) is 23.3 Å². The van der Waals surface area contributed by atoms with Crippen LogP contribution in [0.5, 0.6) is 0 Å². The van der Waals surface area contributed by atoms with Crippen molar-refractivity contribution in [2.45, 2.75) is 25.8 Å². The van der Waals surface area contributed by atoms with Crippen LogP contribution in [-0.2, 0) is 0 Å². The van der Waals surface area contributed by atoms with E-state index in [9.17, 15) is 0 Å². The zero-order valence-corrected chi connectivity index (χ0v) is 9.53. The van der Waals surface area contributed by atoms with Crippen LogP contribution >= 0.6 is 0 Å². The monoisotopic (exact) mass is 212 g/mol. The molecule has 0 bridgehead atoms. The predicted molar refractivity (Wildman–Crippen MR) is 66.5 cm³/mol. The van der Waals surface area contributed by atoms with Crippen molar-refractivity contribution in [1.29, 1.82) is 0 Å². The summed E-state index contributed by atoms with van der Waals surface area (Å²) in [5.74, 6) is 0. The van der Waals surface area contributed by atoms with Gasteiger partial charge < -0.3 is 5.32 Å². The van der Waals surface area contributed by atoms with E-state index in [1.165, 1.54) is 29.2 Å². The molecule has 82 valence electrons. The van der Waals surface area contributed by atoms with E-state index >= 15 is 0 Å². The Bertz CT molecular complexity index is 513. The van der Waals surface area contributed by atoms with E-state index in [1.54, 1.807) is 0 Å². The van der Waals surface area contributed by atoms with Crippen molar-refractivity contribution in [2.75, 3.05) is 6.54 Å². The Morgan fingerprint density at radius 1 is 1.25 bits per heavy atom. The van der Waals surface area contributed by atoms with Gasteiger partial charge in [-0.3, -0.25) is 4.98 Å². The maximum atomic E-state index is 4.35. The molecule has 1 aromatic heterocycles.